The van der Waals surface area contributed by atoms with Crippen molar-refractivity contribution in [2.24, 2.45) is 5.73 Å². The number of aromatic nitrogens is 3. The third-order valence-electron chi connectivity index (χ3n) is 4.78. The van der Waals surface area contributed by atoms with Gasteiger partial charge in [0.1, 0.15) is 0 Å². The van der Waals surface area contributed by atoms with Crippen LogP contribution in [0.4, 0.5) is 0 Å². The summed E-state index contributed by atoms with van der Waals surface area (Å²) in [5.41, 5.74) is 10.6. The number of pyridine rings is 1. The second kappa shape index (κ2) is 7.21. The molecule has 0 aliphatic carbocycles. The van der Waals surface area contributed by atoms with Crippen LogP contribution in [0.15, 0.2) is 71.8 Å². The quantitative estimate of drug-likeness (QED) is 0.594. The minimum absolute atomic E-state index is 0.0528. The van der Waals surface area contributed by atoms with Gasteiger partial charge in [-0.2, -0.15) is 5.10 Å². The third-order valence-corrected chi connectivity index (χ3v) is 4.78. The maximum atomic E-state index is 12.7. The lowest BCUT2D eigenvalue weighted by Gasteiger charge is -2.09. The van der Waals surface area contributed by atoms with Crippen molar-refractivity contribution in [2.75, 3.05) is 6.54 Å². The van der Waals surface area contributed by atoms with Crippen LogP contribution in [-0.2, 0) is 6.54 Å². The fourth-order valence-corrected chi connectivity index (χ4v) is 3.26. The van der Waals surface area contributed by atoms with E-state index in [1.807, 2.05) is 53.5 Å². The molecule has 0 spiro atoms. The smallest absolute Gasteiger partial charge is 0.255 e. The summed E-state index contributed by atoms with van der Waals surface area (Å²) < 4.78 is 3.61. The zero-order chi connectivity index (χ0) is 18.8. The molecule has 2 heterocycles. The molecular weight excluding hydrogens is 336 g/mol. The lowest BCUT2D eigenvalue weighted by Crippen LogP contribution is -2.16. The topological polar surface area (TPSA) is 65.8 Å². The first-order valence-corrected chi connectivity index (χ1v) is 9.11. The maximum Gasteiger partial charge on any atom is 0.255 e. The zero-order valence-corrected chi connectivity index (χ0v) is 15.3. The molecule has 0 aliphatic rings. The summed E-state index contributed by atoms with van der Waals surface area (Å²) >= 11 is 0. The Morgan fingerprint density at radius 1 is 1.00 bits per heavy atom. The van der Waals surface area contributed by atoms with Gasteiger partial charge in [-0.05, 0) is 55.3 Å². The SMILES string of the molecule is Cc1ccc(-c2ccn(-c3ccc4c(cnn4CCCN)c3)c(=O)c2)cc1. The van der Waals surface area contributed by atoms with E-state index in [1.165, 1.54) is 5.56 Å². The Morgan fingerprint density at radius 3 is 2.56 bits per heavy atom. The summed E-state index contributed by atoms with van der Waals surface area (Å²) in [5.74, 6) is 0. The van der Waals surface area contributed by atoms with Gasteiger partial charge in [0.15, 0.2) is 0 Å². The molecule has 0 bridgehead atoms. The normalized spacial score (nSPS) is 11.2. The number of rotatable bonds is 5. The van der Waals surface area contributed by atoms with Gasteiger partial charge in [0.2, 0.25) is 0 Å². The molecule has 4 rings (SSSR count). The highest BCUT2D eigenvalue weighted by Gasteiger charge is 2.07. The number of nitrogens with two attached hydrogens (primary N) is 1. The van der Waals surface area contributed by atoms with Crippen LogP contribution in [0, 0.1) is 6.92 Å². The highest BCUT2D eigenvalue weighted by atomic mass is 16.1. The largest absolute Gasteiger partial charge is 0.330 e. The Labute approximate surface area is 157 Å². The van der Waals surface area contributed by atoms with Crippen molar-refractivity contribution in [3.63, 3.8) is 0 Å². The zero-order valence-electron chi connectivity index (χ0n) is 15.3. The monoisotopic (exact) mass is 358 g/mol. The number of aryl methyl sites for hydroxylation is 2. The van der Waals surface area contributed by atoms with Gasteiger partial charge in [-0.25, -0.2) is 0 Å². The van der Waals surface area contributed by atoms with Crippen LogP contribution in [0.25, 0.3) is 27.7 Å². The maximum absolute atomic E-state index is 12.7. The van der Waals surface area contributed by atoms with Crippen LogP contribution in [-0.4, -0.2) is 20.9 Å². The summed E-state index contributed by atoms with van der Waals surface area (Å²) in [6.07, 6.45) is 4.55. The fraction of sp³-hybridized carbons (Fsp3) is 0.182. The van der Waals surface area contributed by atoms with E-state index in [0.29, 0.717) is 6.54 Å². The van der Waals surface area contributed by atoms with E-state index in [4.69, 9.17) is 5.73 Å². The molecule has 0 unspecified atom stereocenters. The van der Waals surface area contributed by atoms with Crippen molar-refractivity contribution in [2.45, 2.75) is 19.9 Å². The highest BCUT2D eigenvalue weighted by molar-refractivity contribution is 5.81. The lowest BCUT2D eigenvalue weighted by atomic mass is 10.1. The summed E-state index contributed by atoms with van der Waals surface area (Å²) in [6.45, 7) is 3.49. The van der Waals surface area contributed by atoms with Gasteiger partial charge in [0.25, 0.3) is 5.56 Å². The molecule has 5 nitrogen and oxygen atoms in total. The summed E-state index contributed by atoms with van der Waals surface area (Å²) in [4.78, 5) is 12.7. The fourth-order valence-electron chi connectivity index (χ4n) is 3.26. The minimum Gasteiger partial charge on any atom is -0.330 e. The van der Waals surface area contributed by atoms with Gasteiger partial charge in [0.05, 0.1) is 11.7 Å². The van der Waals surface area contributed by atoms with Crippen molar-refractivity contribution in [3.05, 3.63) is 82.9 Å². The summed E-state index contributed by atoms with van der Waals surface area (Å²) in [6, 6.07) is 17.8. The lowest BCUT2D eigenvalue weighted by molar-refractivity contribution is 0.602. The molecule has 4 aromatic rings. The van der Waals surface area contributed by atoms with Crippen LogP contribution in [0.5, 0.6) is 0 Å². The molecular formula is C22H22N4O. The molecule has 27 heavy (non-hydrogen) atoms. The van der Waals surface area contributed by atoms with Crippen LogP contribution >= 0.6 is 0 Å². The molecule has 2 aromatic carbocycles. The molecule has 0 radical (unpaired) electrons. The Bertz CT molecular complexity index is 1140. The molecule has 0 atom stereocenters. The second-order valence-corrected chi connectivity index (χ2v) is 6.74. The van der Waals surface area contributed by atoms with E-state index in [0.717, 1.165) is 40.7 Å². The first-order chi connectivity index (χ1) is 13.2. The van der Waals surface area contributed by atoms with Crippen LogP contribution in [0.2, 0.25) is 0 Å². The number of nitrogens with zero attached hydrogens (tertiary/aromatic N) is 3. The van der Waals surface area contributed by atoms with Crippen LogP contribution in [0.1, 0.15) is 12.0 Å². The Kier molecular flexibility index (Phi) is 4.60. The van der Waals surface area contributed by atoms with Crippen molar-refractivity contribution >= 4 is 10.9 Å². The van der Waals surface area contributed by atoms with Gasteiger partial charge >= 0.3 is 0 Å². The molecule has 2 aromatic heterocycles. The summed E-state index contributed by atoms with van der Waals surface area (Å²) in [5, 5.41) is 5.44. The molecule has 0 fully saturated rings. The van der Waals surface area contributed by atoms with Gasteiger partial charge in [-0.15, -0.1) is 0 Å². The van der Waals surface area contributed by atoms with E-state index in [9.17, 15) is 4.79 Å². The van der Waals surface area contributed by atoms with E-state index in [2.05, 4.69) is 24.2 Å². The van der Waals surface area contributed by atoms with E-state index >= 15 is 0 Å². The van der Waals surface area contributed by atoms with Gasteiger partial charge in [0, 0.05) is 29.9 Å². The number of benzene rings is 2. The van der Waals surface area contributed by atoms with Gasteiger partial charge in [-0.1, -0.05) is 29.8 Å². The van der Waals surface area contributed by atoms with E-state index in [-0.39, 0.29) is 5.56 Å². The molecule has 0 saturated carbocycles. The Balaban J connectivity index is 1.69. The number of fused-ring (bicyclic) bond motifs is 1. The average Bonchev–Trinajstić information content (AvgIpc) is 3.09. The van der Waals surface area contributed by atoms with Crippen molar-refractivity contribution < 1.29 is 0 Å². The van der Waals surface area contributed by atoms with E-state index in [1.54, 1.807) is 10.6 Å². The molecule has 0 aliphatic heterocycles. The molecule has 2 N–H and O–H groups in total. The van der Waals surface area contributed by atoms with E-state index < -0.39 is 0 Å². The first kappa shape index (κ1) is 17.2. The Hall–Kier alpha value is -3.18. The van der Waals surface area contributed by atoms with Crippen molar-refractivity contribution in [1.29, 1.82) is 0 Å². The number of hydrogen-bond donors (Lipinski definition) is 1. The molecule has 136 valence electrons. The summed E-state index contributed by atoms with van der Waals surface area (Å²) in [7, 11) is 0. The minimum atomic E-state index is -0.0528. The average molecular weight is 358 g/mol. The van der Waals surface area contributed by atoms with Gasteiger partial charge in [-0.3, -0.25) is 14.0 Å². The number of hydrogen-bond acceptors (Lipinski definition) is 3. The predicted octanol–water partition coefficient (Wildman–Crippen LogP) is 3.51. The standard InChI is InChI=1S/C22H22N4O/c1-16-3-5-17(6-4-16)18-9-12-25(22(27)14-18)20-7-8-21-19(13-20)15-24-26(21)11-2-10-23/h3-9,12-15H,2,10-11,23H2,1H3. The second-order valence-electron chi connectivity index (χ2n) is 6.74. The van der Waals surface area contributed by atoms with Crippen molar-refractivity contribution in [1.82, 2.24) is 14.3 Å². The molecule has 0 amide bonds. The Morgan fingerprint density at radius 2 is 1.81 bits per heavy atom. The first-order valence-electron chi connectivity index (χ1n) is 9.11. The molecule has 0 saturated heterocycles. The molecule has 5 heteroatoms. The van der Waals surface area contributed by atoms with Crippen LogP contribution < -0.4 is 11.3 Å². The highest BCUT2D eigenvalue weighted by Crippen LogP contribution is 2.21. The predicted molar refractivity (Wildman–Crippen MR) is 109 cm³/mol. The van der Waals surface area contributed by atoms with Crippen molar-refractivity contribution in [3.8, 4) is 16.8 Å². The third kappa shape index (κ3) is 3.41. The van der Waals surface area contributed by atoms with Gasteiger partial charge < -0.3 is 5.73 Å². The van der Waals surface area contributed by atoms with Crippen LogP contribution in [0.3, 0.4) is 0 Å².